The minimum Gasteiger partial charge on any atom is -0.0625 e. The Balaban J connectivity index is 0.000000180. The summed E-state index contributed by atoms with van der Waals surface area (Å²) in [4.78, 5) is 0. The van der Waals surface area contributed by atoms with Crippen LogP contribution in [0.5, 0.6) is 0 Å². The molecule has 1 fully saturated rings. The van der Waals surface area contributed by atoms with Crippen LogP contribution >= 0.6 is 0 Å². The van der Waals surface area contributed by atoms with E-state index < -0.39 is 0 Å². The predicted octanol–water partition coefficient (Wildman–Crippen LogP) is 5.69. The second-order valence-electron chi connectivity index (χ2n) is 6.39. The second-order valence-corrected chi connectivity index (χ2v) is 6.39. The molecule has 3 atom stereocenters. The maximum absolute atomic E-state index is 2.39. The Morgan fingerprint density at radius 1 is 0.833 bits per heavy atom. The van der Waals surface area contributed by atoms with Crippen LogP contribution in [0, 0.1) is 38.5 Å². The molecular formula is C18H30. The van der Waals surface area contributed by atoms with Crippen molar-refractivity contribution in [2.75, 3.05) is 0 Å². The Labute approximate surface area is 114 Å². The zero-order chi connectivity index (χ0) is 13.7. The SMILES string of the molecule is CC1CCC(C)C(C)C1.Cc1cccc(C)c1C. The van der Waals surface area contributed by atoms with Crippen molar-refractivity contribution >= 4 is 0 Å². The minimum atomic E-state index is 0.980. The second kappa shape index (κ2) is 6.97. The summed E-state index contributed by atoms with van der Waals surface area (Å²) in [6, 6.07) is 6.38. The molecule has 0 heterocycles. The third kappa shape index (κ3) is 4.48. The number of hydrogen-bond donors (Lipinski definition) is 0. The first-order valence-electron chi connectivity index (χ1n) is 7.44. The number of benzene rings is 1. The summed E-state index contributed by atoms with van der Waals surface area (Å²) in [5.41, 5.74) is 4.18. The molecule has 18 heavy (non-hydrogen) atoms. The van der Waals surface area contributed by atoms with Gasteiger partial charge in [0.25, 0.3) is 0 Å². The number of hydrogen-bond acceptors (Lipinski definition) is 0. The summed E-state index contributed by atoms with van der Waals surface area (Å²) in [5.74, 6) is 2.96. The molecule has 0 bridgehead atoms. The average Bonchev–Trinajstić information content (AvgIpc) is 2.32. The molecule has 0 spiro atoms. The lowest BCUT2D eigenvalue weighted by Gasteiger charge is -2.29. The standard InChI is InChI=1S/C9H18.C9H12/c1-7-4-5-8(2)9(3)6-7;1-7-5-4-6-8(2)9(7)3/h7-9H,4-6H2,1-3H3;4-6H,1-3H3. The highest BCUT2D eigenvalue weighted by Gasteiger charge is 2.20. The van der Waals surface area contributed by atoms with Crippen LogP contribution in [0.25, 0.3) is 0 Å². The highest BCUT2D eigenvalue weighted by molar-refractivity contribution is 5.31. The van der Waals surface area contributed by atoms with Gasteiger partial charge in [0.1, 0.15) is 0 Å². The van der Waals surface area contributed by atoms with Gasteiger partial charge in [-0.1, -0.05) is 51.8 Å². The van der Waals surface area contributed by atoms with Crippen LogP contribution in [0.15, 0.2) is 18.2 Å². The highest BCUT2D eigenvalue weighted by Crippen LogP contribution is 2.32. The summed E-state index contributed by atoms with van der Waals surface area (Å²) >= 11 is 0. The molecule has 1 aromatic carbocycles. The van der Waals surface area contributed by atoms with Gasteiger partial charge in [0.05, 0.1) is 0 Å². The van der Waals surface area contributed by atoms with Crippen LogP contribution in [0.3, 0.4) is 0 Å². The topological polar surface area (TPSA) is 0 Å². The van der Waals surface area contributed by atoms with Gasteiger partial charge in [-0.15, -0.1) is 0 Å². The zero-order valence-electron chi connectivity index (χ0n) is 13.1. The first-order chi connectivity index (χ1) is 8.41. The van der Waals surface area contributed by atoms with E-state index in [1.807, 2.05) is 0 Å². The van der Waals surface area contributed by atoms with Crippen LogP contribution in [-0.2, 0) is 0 Å². The molecule has 0 nitrogen and oxygen atoms in total. The van der Waals surface area contributed by atoms with Crippen molar-refractivity contribution in [2.45, 2.75) is 60.8 Å². The van der Waals surface area contributed by atoms with Gasteiger partial charge in [-0.3, -0.25) is 0 Å². The van der Waals surface area contributed by atoms with Crippen molar-refractivity contribution in [3.05, 3.63) is 34.9 Å². The predicted molar refractivity (Wildman–Crippen MR) is 82.0 cm³/mol. The molecule has 2 rings (SSSR count). The zero-order valence-corrected chi connectivity index (χ0v) is 13.1. The summed E-state index contributed by atoms with van der Waals surface area (Å²) < 4.78 is 0. The van der Waals surface area contributed by atoms with Gasteiger partial charge < -0.3 is 0 Å². The van der Waals surface area contributed by atoms with E-state index >= 15 is 0 Å². The lowest BCUT2D eigenvalue weighted by Crippen LogP contribution is -2.18. The van der Waals surface area contributed by atoms with E-state index in [-0.39, 0.29) is 0 Å². The van der Waals surface area contributed by atoms with Gasteiger partial charge in [0.15, 0.2) is 0 Å². The van der Waals surface area contributed by atoms with Crippen molar-refractivity contribution in [2.24, 2.45) is 17.8 Å². The fourth-order valence-corrected chi connectivity index (χ4v) is 2.71. The Hall–Kier alpha value is -0.780. The molecule has 1 aliphatic rings. The third-order valence-electron chi connectivity index (χ3n) is 4.74. The minimum absolute atomic E-state index is 0.980. The molecule has 0 heteroatoms. The summed E-state index contributed by atoms with van der Waals surface area (Å²) in [7, 11) is 0. The van der Waals surface area contributed by atoms with Crippen LogP contribution < -0.4 is 0 Å². The molecule has 0 aliphatic heterocycles. The summed E-state index contributed by atoms with van der Waals surface area (Å²) in [6.45, 7) is 13.6. The maximum atomic E-state index is 2.39. The lowest BCUT2D eigenvalue weighted by molar-refractivity contribution is 0.220. The lowest BCUT2D eigenvalue weighted by atomic mass is 9.77. The van der Waals surface area contributed by atoms with Crippen molar-refractivity contribution in [3.63, 3.8) is 0 Å². The molecule has 0 N–H and O–H groups in total. The normalized spacial score (nSPS) is 27.3. The molecule has 0 amide bonds. The molecule has 1 saturated carbocycles. The van der Waals surface area contributed by atoms with Gasteiger partial charge in [0, 0.05) is 0 Å². The van der Waals surface area contributed by atoms with E-state index in [0.717, 1.165) is 17.8 Å². The van der Waals surface area contributed by atoms with Crippen molar-refractivity contribution < 1.29 is 0 Å². The van der Waals surface area contributed by atoms with Gasteiger partial charge >= 0.3 is 0 Å². The third-order valence-corrected chi connectivity index (χ3v) is 4.74. The van der Waals surface area contributed by atoms with Crippen LogP contribution in [-0.4, -0.2) is 0 Å². The van der Waals surface area contributed by atoms with E-state index in [9.17, 15) is 0 Å². The van der Waals surface area contributed by atoms with Gasteiger partial charge in [0.2, 0.25) is 0 Å². The molecule has 102 valence electrons. The van der Waals surface area contributed by atoms with E-state index in [2.05, 4.69) is 59.7 Å². The molecule has 0 saturated heterocycles. The first-order valence-corrected chi connectivity index (χ1v) is 7.44. The Bertz CT molecular complexity index is 344. The van der Waals surface area contributed by atoms with Gasteiger partial charge in [-0.05, 0) is 61.6 Å². The van der Waals surface area contributed by atoms with Gasteiger partial charge in [-0.2, -0.15) is 0 Å². The quantitative estimate of drug-likeness (QED) is 0.551. The monoisotopic (exact) mass is 246 g/mol. The summed E-state index contributed by atoms with van der Waals surface area (Å²) in [5, 5.41) is 0. The molecule has 0 radical (unpaired) electrons. The van der Waals surface area contributed by atoms with Crippen LogP contribution in [0.1, 0.15) is 56.7 Å². The smallest absolute Gasteiger partial charge is 0.0392 e. The molecule has 0 aromatic heterocycles. The van der Waals surface area contributed by atoms with Crippen molar-refractivity contribution in [1.29, 1.82) is 0 Å². The van der Waals surface area contributed by atoms with E-state index in [1.165, 1.54) is 36.0 Å². The summed E-state index contributed by atoms with van der Waals surface area (Å²) in [6.07, 6.45) is 4.38. The molecule has 3 unspecified atom stereocenters. The first kappa shape index (κ1) is 15.3. The molecular weight excluding hydrogens is 216 g/mol. The average molecular weight is 246 g/mol. The van der Waals surface area contributed by atoms with Crippen molar-refractivity contribution in [3.8, 4) is 0 Å². The maximum Gasteiger partial charge on any atom is -0.0392 e. The Morgan fingerprint density at radius 2 is 1.39 bits per heavy atom. The largest absolute Gasteiger partial charge is 0.0625 e. The van der Waals surface area contributed by atoms with E-state index in [4.69, 9.17) is 0 Å². The van der Waals surface area contributed by atoms with E-state index in [1.54, 1.807) is 0 Å². The highest BCUT2D eigenvalue weighted by atomic mass is 14.3. The fraction of sp³-hybridized carbons (Fsp3) is 0.667. The molecule has 1 aromatic rings. The van der Waals surface area contributed by atoms with E-state index in [0.29, 0.717) is 0 Å². The van der Waals surface area contributed by atoms with Crippen LogP contribution in [0.2, 0.25) is 0 Å². The number of aryl methyl sites for hydroxylation is 2. The number of rotatable bonds is 0. The Morgan fingerprint density at radius 3 is 1.78 bits per heavy atom. The Kier molecular flexibility index (Phi) is 5.91. The van der Waals surface area contributed by atoms with Crippen LogP contribution in [0.4, 0.5) is 0 Å². The van der Waals surface area contributed by atoms with Gasteiger partial charge in [-0.25, -0.2) is 0 Å². The molecule has 1 aliphatic carbocycles. The fourth-order valence-electron chi connectivity index (χ4n) is 2.71. The van der Waals surface area contributed by atoms with Crippen molar-refractivity contribution in [1.82, 2.24) is 0 Å².